The van der Waals surface area contributed by atoms with Crippen molar-refractivity contribution in [2.24, 2.45) is 0 Å². The Labute approximate surface area is 121 Å². The molecule has 0 heterocycles. The number of carbonyl (C=O) groups is 2. The van der Waals surface area contributed by atoms with Crippen LogP contribution in [0, 0.1) is 0 Å². The average Bonchev–Trinajstić information content (AvgIpc) is 2.52. The summed E-state index contributed by atoms with van der Waals surface area (Å²) in [5.41, 5.74) is 0.757. The summed E-state index contributed by atoms with van der Waals surface area (Å²) in [6, 6.07) is 13.4. The third-order valence-electron chi connectivity index (χ3n) is 2.82. The lowest BCUT2D eigenvalue weighted by molar-refractivity contribution is -0.139. The lowest BCUT2D eigenvalue weighted by atomic mass is 10.0. The second-order valence-corrected chi connectivity index (χ2v) is 4.24. The second-order valence-electron chi connectivity index (χ2n) is 4.24. The van der Waals surface area contributed by atoms with Crippen LogP contribution < -0.4 is 9.47 Å². The number of carboxylic acid groups (broad SMARTS) is 1. The van der Waals surface area contributed by atoms with Crippen molar-refractivity contribution in [2.45, 2.75) is 0 Å². The molecule has 0 aromatic heterocycles. The first-order valence-electron chi connectivity index (χ1n) is 6.24. The molecule has 5 heteroatoms. The summed E-state index contributed by atoms with van der Waals surface area (Å²) in [5.74, 6) is -0.650. The first-order chi connectivity index (χ1) is 10.1. The number of benzene rings is 2. The van der Waals surface area contributed by atoms with Gasteiger partial charge in [-0.3, -0.25) is 4.79 Å². The maximum absolute atomic E-state index is 12.5. The number of hydrogen-bond acceptors (Lipinski definition) is 4. The molecule has 0 spiro atoms. The molecule has 0 saturated heterocycles. The van der Waals surface area contributed by atoms with Crippen molar-refractivity contribution in [1.29, 1.82) is 0 Å². The van der Waals surface area contributed by atoms with Crippen LogP contribution in [-0.4, -0.2) is 30.6 Å². The van der Waals surface area contributed by atoms with Crippen LogP contribution in [0.15, 0.2) is 48.5 Å². The van der Waals surface area contributed by atoms with Crippen molar-refractivity contribution in [1.82, 2.24) is 0 Å². The van der Waals surface area contributed by atoms with E-state index in [4.69, 9.17) is 14.6 Å². The van der Waals surface area contributed by atoms with Crippen molar-refractivity contribution < 1.29 is 24.2 Å². The molecule has 0 unspecified atom stereocenters. The van der Waals surface area contributed by atoms with Crippen LogP contribution in [0.25, 0.3) is 0 Å². The van der Waals surface area contributed by atoms with E-state index in [1.54, 1.807) is 30.3 Å². The van der Waals surface area contributed by atoms with Crippen molar-refractivity contribution in [3.8, 4) is 11.5 Å². The Balaban J connectivity index is 2.39. The van der Waals surface area contributed by atoms with Gasteiger partial charge in [-0.2, -0.15) is 0 Å². The van der Waals surface area contributed by atoms with Gasteiger partial charge in [-0.15, -0.1) is 0 Å². The minimum absolute atomic E-state index is 0.215. The molecule has 0 fully saturated rings. The van der Waals surface area contributed by atoms with E-state index in [0.717, 1.165) is 0 Å². The standard InChI is InChI=1S/C16H14O5/c1-20-12-7-8-14(21-10-15(17)18)13(9-12)16(19)11-5-3-2-4-6-11/h2-9H,10H2,1H3,(H,17,18). The maximum Gasteiger partial charge on any atom is 0.341 e. The monoisotopic (exact) mass is 286 g/mol. The Kier molecular flexibility index (Phi) is 4.56. The highest BCUT2D eigenvalue weighted by atomic mass is 16.5. The molecular weight excluding hydrogens is 272 g/mol. The van der Waals surface area contributed by atoms with Gasteiger partial charge in [0.1, 0.15) is 11.5 Å². The summed E-state index contributed by atoms with van der Waals surface area (Å²) in [4.78, 5) is 23.1. The minimum atomic E-state index is -1.11. The van der Waals surface area contributed by atoms with E-state index < -0.39 is 12.6 Å². The number of methoxy groups -OCH3 is 1. The van der Waals surface area contributed by atoms with Gasteiger partial charge >= 0.3 is 5.97 Å². The van der Waals surface area contributed by atoms with Gasteiger partial charge in [0, 0.05) is 5.56 Å². The molecule has 1 N–H and O–H groups in total. The smallest absolute Gasteiger partial charge is 0.341 e. The van der Waals surface area contributed by atoms with Crippen LogP contribution in [0.4, 0.5) is 0 Å². The Bertz CT molecular complexity index is 649. The summed E-state index contributed by atoms with van der Waals surface area (Å²) < 4.78 is 10.3. The molecule has 21 heavy (non-hydrogen) atoms. The zero-order chi connectivity index (χ0) is 15.2. The van der Waals surface area contributed by atoms with Crippen LogP contribution in [0.1, 0.15) is 15.9 Å². The van der Waals surface area contributed by atoms with E-state index in [-0.39, 0.29) is 17.1 Å². The largest absolute Gasteiger partial charge is 0.497 e. The quantitative estimate of drug-likeness (QED) is 0.825. The molecule has 0 amide bonds. The molecule has 0 aliphatic rings. The molecule has 2 rings (SSSR count). The van der Waals surface area contributed by atoms with Gasteiger partial charge in [0.15, 0.2) is 12.4 Å². The number of carbonyl (C=O) groups excluding carboxylic acids is 1. The zero-order valence-corrected chi connectivity index (χ0v) is 11.4. The third kappa shape index (κ3) is 3.60. The SMILES string of the molecule is COc1ccc(OCC(=O)O)c(C(=O)c2ccccc2)c1. The molecule has 2 aromatic rings. The molecule has 0 radical (unpaired) electrons. The van der Waals surface area contributed by atoms with Crippen LogP contribution in [0.2, 0.25) is 0 Å². The highest BCUT2D eigenvalue weighted by molar-refractivity contribution is 6.11. The molecule has 108 valence electrons. The minimum Gasteiger partial charge on any atom is -0.497 e. The van der Waals surface area contributed by atoms with Crippen molar-refractivity contribution in [3.05, 3.63) is 59.7 Å². The van der Waals surface area contributed by atoms with Crippen LogP contribution >= 0.6 is 0 Å². The fourth-order valence-corrected chi connectivity index (χ4v) is 1.82. The fourth-order valence-electron chi connectivity index (χ4n) is 1.82. The van der Waals surface area contributed by atoms with E-state index >= 15 is 0 Å². The fraction of sp³-hybridized carbons (Fsp3) is 0.125. The highest BCUT2D eigenvalue weighted by Gasteiger charge is 2.16. The van der Waals surface area contributed by atoms with Crippen LogP contribution in [0.5, 0.6) is 11.5 Å². The Hall–Kier alpha value is -2.82. The Morgan fingerprint density at radius 3 is 2.43 bits per heavy atom. The number of hydrogen-bond donors (Lipinski definition) is 1. The maximum atomic E-state index is 12.5. The second kappa shape index (κ2) is 6.56. The molecule has 0 saturated carbocycles. The third-order valence-corrected chi connectivity index (χ3v) is 2.82. The van der Waals surface area contributed by atoms with Gasteiger partial charge < -0.3 is 14.6 Å². The predicted molar refractivity (Wildman–Crippen MR) is 76.0 cm³/mol. The predicted octanol–water partition coefficient (Wildman–Crippen LogP) is 2.39. The Morgan fingerprint density at radius 2 is 1.81 bits per heavy atom. The number of aliphatic carboxylic acids is 1. The van der Waals surface area contributed by atoms with Gasteiger partial charge in [0.25, 0.3) is 0 Å². The van der Waals surface area contributed by atoms with Gasteiger partial charge in [-0.1, -0.05) is 30.3 Å². The average molecular weight is 286 g/mol. The Morgan fingerprint density at radius 1 is 1.10 bits per heavy atom. The first kappa shape index (κ1) is 14.6. The van der Waals surface area contributed by atoms with Crippen molar-refractivity contribution in [2.75, 3.05) is 13.7 Å². The molecule has 2 aromatic carbocycles. The van der Waals surface area contributed by atoms with Gasteiger partial charge in [0.05, 0.1) is 12.7 Å². The summed E-state index contributed by atoms with van der Waals surface area (Å²) in [6.07, 6.45) is 0. The molecule has 5 nitrogen and oxygen atoms in total. The van der Waals surface area contributed by atoms with E-state index in [2.05, 4.69) is 0 Å². The van der Waals surface area contributed by atoms with E-state index in [1.165, 1.54) is 19.2 Å². The number of ether oxygens (including phenoxy) is 2. The zero-order valence-electron chi connectivity index (χ0n) is 11.4. The summed E-state index contributed by atoms with van der Waals surface area (Å²) in [6.45, 7) is -0.513. The number of carboxylic acids is 1. The number of ketones is 1. The summed E-state index contributed by atoms with van der Waals surface area (Å²) in [7, 11) is 1.49. The van der Waals surface area contributed by atoms with Gasteiger partial charge in [-0.05, 0) is 18.2 Å². The molecule has 0 atom stereocenters. The van der Waals surface area contributed by atoms with Gasteiger partial charge in [-0.25, -0.2) is 4.79 Å². The lowest BCUT2D eigenvalue weighted by Crippen LogP contribution is -2.12. The lowest BCUT2D eigenvalue weighted by Gasteiger charge is -2.11. The number of rotatable bonds is 6. The van der Waals surface area contributed by atoms with E-state index in [1.807, 2.05) is 6.07 Å². The molecule has 0 aliphatic carbocycles. The van der Waals surface area contributed by atoms with Crippen LogP contribution in [0.3, 0.4) is 0 Å². The van der Waals surface area contributed by atoms with Crippen LogP contribution in [-0.2, 0) is 4.79 Å². The molecule has 0 bridgehead atoms. The normalized spacial score (nSPS) is 9.95. The topological polar surface area (TPSA) is 72.8 Å². The molecule has 0 aliphatic heterocycles. The van der Waals surface area contributed by atoms with Crippen molar-refractivity contribution in [3.63, 3.8) is 0 Å². The van der Waals surface area contributed by atoms with Crippen molar-refractivity contribution >= 4 is 11.8 Å². The summed E-state index contributed by atoms with van der Waals surface area (Å²) >= 11 is 0. The van der Waals surface area contributed by atoms with E-state index in [9.17, 15) is 9.59 Å². The summed E-state index contributed by atoms with van der Waals surface area (Å²) in [5, 5.41) is 8.69. The first-order valence-corrected chi connectivity index (χ1v) is 6.24. The highest BCUT2D eigenvalue weighted by Crippen LogP contribution is 2.26. The van der Waals surface area contributed by atoms with Gasteiger partial charge in [0.2, 0.25) is 0 Å². The molecular formula is C16H14O5. The van der Waals surface area contributed by atoms with E-state index in [0.29, 0.717) is 11.3 Å².